The van der Waals surface area contributed by atoms with Gasteiger partial charge in [0.2, 0.25) is 11.9 Å². The van der Waals surface area contributed by atoms with Gasteiger partial charge in [-0.25, -0.2) is 4.98 Å². The van der Waals surface area contributed by atoms with Crippen molar-refractivity contribution in [2.45, 2.75) is 19.9 Å². The van der Waals surface area contributed by atoms with E-state index in [1.807, 2.05) is 60.5 Å². The molecule has 0 aliphatic rings. The minimum absolute atomic E-state index is 0.0856. The highest BCUT2D eigenvalue weighted by Gasteiger charge is 2.13. The topological polar surface area (TPSA) is 125 Å². The molecular weight excluding hydrogens is 418 g/mol. The zero-order valence-electron chi connectivity index (χ0n) is 18.8. The molecule has 0 unspecified atom stereocenters. The number of rotatable bonds is 11. The fraction of sp³-hybridized carbons (Fsp3) is 0.250. The van der Waals surface area contributed by atoms with Crippen LogP contribution in [-0.4, -0.2) is 46.8 Å². The predicted octanol–water partition coefficient (Wildman–Crippen LogP) is 3.21. The first-order valence-corrected chi connectivity index (χ1v) is 10.7. The van der Waals surface area contributed by atoms with E-state index in [2.05, 4.69) is 32.8 Å². The van der Waals surface area contributed by atoms with Crippen molar-refractivity contribution in [3.05, 3.63) is 71.9 Å². The van der Waals surface area contributed by atoms with Crippen LogP contribution < -0.4 is 21.7 Å². The molecule has 0 fully saturated rings. The smallest absolute Gasteiger partial charge is 0.254 e. The zero-order chi connectivity index (χ0) is 23.6. The molecule has 3 rings (SSSR count). The van der Waals surface area contributed by atoms with E-state index in [9.17, 15) is 9.59 Å². The summed E-state index contributed by atoms with van der Waals surface area (Å²) in [7, 11) is 1.91. The fourth-order valence-corrected chi connectivity index (χ4v) is 3.25. The number of primary amides is 1. The van der Waals surface area contributed by atoms with E-state index < -0.39 is 5.91 Å². The maximum atomic E-state index is 12.3. The molecule has 9 nitrogen and oxygen atoms in total. The van der Waals surface area contributed by atoms with Crippen molar-refractivity contribution in [2.75, 3.05) is 36.1 Å². The Hall–Kier alpha value is -3.98. The molecule has 0 radical (unpaired) electrons. The van der Waals surface area contributed by atoms with Crippen molar-refractivity contribution in [2.24, 2.45) is 5.73 Å². The second-order valence-corrected chi connectivity index (χ2v) is 7.65. The van der Waals surface area contributed by atoms with Crippen molar-refractivity contribution in [1.29, 1.82) is 0 Å². The molecule has 0 saturated carbocycles. The number of aromatic nitrogens is 2. The van der Waals surface area contributed by atoms with Crippen molar-refractivity contribution in [3.63, 3.8) is 0 Å². The number of benzene rings is 2. The summed E-state index contributed by atoms with van der Waals surface area (Å²) in [5, 5.41) is 9.15. The Morgan fingerprint density at radius 2 is 1.82 bits per heavy atom. The molecule has 3 aromatic rings. The summed E-state index contributed by atoms with van der Waals surface area (Å²) in [5.41, 5.74) is 8.07. The minimum Gasteiger partial charge on any atom is -0.365 e. The lowest BCUT2D eigenvalue weighted by atomic mass is 10.2. The maximum Gasteiger partial charge on any atom is 0.254 e. The molecule has 2 amide bonds. The number of nitrogens with zero attached hydrogens (tertiary/aromatic N) is 3. The van der Waals surface area contributed by atoms with Gasteiger partial charge in [-0.2, -0.15) is 4.98 Å². The molecule has 5 N–H and O–H groups in total. The van der Waals surface area contributed by atoms with Crippen LogP contribution in [0.25, 0.3) is 0 Å². The number of hydrogen-bond acceptors (Lipinski definition) is 7. The normalized spacial score (nSPS) is 10.6. The molecule has 33 heavy (non-hydrogen) atoms. The lowest BCUT2D eigenvalue weighted by molar-refractivity contribution is -0.117. The highest BCUT2D eigenvalue weighted by molar-refractivity contribution is 5.97. The average molecular weight is 448 g/mol. The summed E-state index contributed by atoms with van der Waals surface area (Å²) >= 11 is 0. The number of nitrogens with one attached hydrogen (secondary N) is 3. The van der Waals surface area contributed by atoms with Gasteiger partial charge in [0.1, 0.15) is 5.82 Å². The number of anilines is 4. The Morgan fingerprint density at radius 3 is 2.55 bits per heavy atom. The van der Waals surface area contributed by atoms with Crippen LogP contribution in [0.3, 0.4) is 0 Å². The number of carbonyl (C=O) groups is 2. The van der Waals surface area contributed by atoms with Gasteiger partial charge in [-0.05, 0) is 43.8 Å². The molecule has 2 aromatic carbocycles. The molecule has 0 atom stereocenters. The number of amides is 2. The SMILES string of the molecule is CCCN(C)CC(=O)Nc1cccc(Nc2ncc(C(N)=O)c(NCc3ccccc3)n2)c1. The molecule has 0 bridgehead atoms. The summed E-state index contributed by atoms with van der Waals surface area (Å²) in [4.78, 5) is 34.7. The molecule has 172 valence electrons. The average Bonchev–Trinajstić information content (AvgIpc) is 2.78. The van der Waals surface area contributed by atoms with Crippen LogP contribution in [0.5, 0.6) is 0 Å². The first kappa shape index (κ1) is 23.7. The number of hydrogen-bond donors (Lipinski definition) is 4. The highest BCUT2D eigenvalue weighted by Crippen LogP contribution is 2.21. The van der Waals surface area contributed by atoms with E-state index in [0.717, 1.165) is 18.5 Å². The summed E-state index contributed by atoms with van der Waals surface area (Å²) in [6.45, 7) is 3.73. The lowest BCUT2D eigenvalue weighted by Crippen LogP contribution is -2.30. The van der Waals surface area contributed by atoms with Gasteiger partial charge in [-0.3, -0.25) is 14.5 Å². The Labute approximate surface area is 193 Å². The summed E-state index contributed by atoms with van der Waals surface area (Å²) in [5.74, 6) is -0.0681. The van der Waals surface area contributed by atoms with Crippen LogP contribution >= 0.6 is 0 Å². The standard InChI is InChI=1S/C24H29N7O2/c1-3-12-31(2)16-21(32)28-18-10-7-11-19(13-18)29-24-27-15-20(22(25)33)23(30-24)26-14-17-8-5-4-6-9-17/h4-11,13,15H,3,12,14,16H2,1-2H3,(H2,25,33)(H,28,32)(H2,26,27,29,30). The molecule has 0 aliphatic carbocycles. The van der Waals surface area contributed by atoms with Crippen molar-refractivity contribution in [3.8, 4) is 0 Å². The van der Waals surface area contributed by atoms with E-state index >= 15 is 0 Å². The van der Waals surface area contributed by atoms with Crippen molar-refractivity contribution >= 4 is 35.0 Å². The van der Waals surface area contributed by atoms with Crippen LogP contribution in [0.15, 0.2) is 60.8 Å². The molecule has 0 spiro atoms. The summed E-state index contributed by atoms with van der Waals surface area (Å²) in [6.07, 6.45) is 2.38. The van der Waals surface area contributed by atoms with Gasteiger partial charge in [0.15, 0.2) is 0 Å². The van der Waals surface area contributed by atoms with Crippen LogP contribution in [0.2, 0.25) is 0 Å². The van der Waals surface area contributed by atoms with Gasteiger partial charge in [-0.15, -0.1) is 0 Å². The Kier molecular flexibility index (Phi) is 8.31. The quantitative estimate of drug-likeness (QED) is 0.356. The van der Waals surface area contributed by atoms with E-state index in [1.165, 1.54) is 6.20 Å². The van der Waals surface area contributed by atoms with Crippen molar-refractivity contribution < 1.29 is 9.59 Å². The third-order valence-corrected chi connectivity index (χ3v) is 4.78. The van der Waals surface area contributed by atoms with Gasteiger partial charge in [0, 0.05) is 24.1 Å². The molecule has 1 heterocycles. The maximum absolute atomic E-state index is 12.3. The monoisotopic (exact) mass is 447 g/mol. The van der Waals surface area contributed by atoms with E-state index in [0.29, 0.717) is 36.2 Å². The first-order chi connectivity index (χ1) is 15.9. The minimum atomic E-state index is -0.616. The van der Waals surface area contributed by atoms with Gasteiger partial charge < -0.3 is 21.7 Å². The Balaban J connectivity index is 1.70. The highest BCUT2D eigenvalue weighted by atomic mass is 16.2. The fourth-order valence-electron chi connectivity index (χ4n) is 3.25. The van der Waals surface area contributed by atoms with E-state index in [4.69, 9.17) is 5.73 Å². The summed E-state index contributed by atoms with van der Waals surface area (Å²) in [6, 6.07) is 17.0. The van der Waals surface area contributed by atoms with Gasteiger partial charge in [0.25, 0.3) is 5.91 Å². The molecule has 0 aliphatic heterocycles. The zero-order valence-corrected chi connectivity index (χ0v) is 18.8. The largest absolute Gasteiger partial charge is 0.365 e. The third-order valence-electron chi connectivity index (χ3n) is 4.78. The lowest BCUT2D eigenvalue weighted by Gasteiger charge is -2.15. The van der Waals surface area contributed by atoms with Gasteiger partial charge >= 0.3 is 0 Å². The second kappa shape index (κ2) is 11.6. The molecule has 0 saturated heterocycles. The third kappa shape index (κ3) is 7.29. The van der Waals surface area contributed by atoms with Crippen LogP contribution in [-0.2, 0) is 11.3 Å². The van der Waals surface area contributed by atoms with E-state index in [1.54, 1.807) is 6.07 Å². The van der Waals surface area contributed by atoms with Crippen LogP contribution in [0, 0.1) is 0 Å². The second-order valence-electron chi connectivity index (χ2n) is 7.65. The van der Waals surface area contributed by atoms with Gasteiger partial charge in [0.05, 0.1) is 12.1 Å². The Bertz CT molecular complexity index is 1090. The molecule has 9 heteroatoms. The van der Waals surface area contributed by atoms with Crippen LogP contribution in [0.1, 0.15) is 29.3 Å². The molecule has 1 aromatic heterocycles. The van der Waals surface area contributed by atoms with E-state index in [-0.39, 0.29) is 11.5 Å². The summed E-state index contributed by atoms with van der Waals surface area (Å²) < 4.78 is 0. The van der Waals surface area contributed by atoms with Crippen molar-refractivity contribution in [1.82, 2.24) is 14.9 Å². The predicted molar refractivity (Wildman–Crippen MR) is 130 cm³/mol. The van der Waals surface area contributed by atoms with Crippen LogP contribution in [0.4, 0.5) is 23.1 Å². The number of nitrogens with two attached hydrogens (primary N) is 1. The first-order valence-electron chi connectivity index (χ1n) is 10.7. The Morgan fingerprint density at radius 1 is 1.06 bits per heavy atom. The molecular formula is C24H29N7O2. The number of likely N-dealkylation sites (N-methyl/N-ethyl adjacent to an activating group) is 1. The van der Waals surface area contributed by atoms with Gasteiger partial charge in [-0.1, -0.05) is 43.3 Å². The number of carbonyl (C=O) groups excluding carboxylic acids is 2.